The van der Waals surface area contributed by atoms with Gasteiger partial charge in [-0.15, -0.1) is 0 Å². The van der Waals surface area contributed by atoms with Crippen LogP contribution in [0.5, 0.6) is 0 Å². The number of aromatic amines is 1. The van der Waals surface area contributed by atoms with E-state index in [0.29, 0.717) is 23.1 Å². The van der Waals surface area contributed by atoms with E-state index < -0.39 is 0 Å². The van der Waals surface area contributed by atoms with Crippen molar-refractivity contribution in [2.75, 3.05) is 0 Å². The highest BCUT2D eigenvalue weighted by molar-refractivity contribution is 6.30. The summed E-state index contributed by atoms with van der Waals surface area (Å²) in [4.78, 5) is 19.4. The van der Waals surface area contributed by atoms with Crippen molar-refractivity contribution in [3.05, 3.63) is 57.4 Å². The number of hydrogen-bond donors (Lipinski definition) is 2. The minimum absolute atomic E-state index is 0.150. The van der Waals surface area contributed by atoms with Crippen LogP contribution in [0.1, 0.15) is 6.92 Å². The molecule has 0 saturated carbocycles. The molecular formula is C15H13ClN4O2. The first-order chi connectivity index (χ1) is 10.6. The van der Waals surface area contributed by atoms with Crippen LogP contribution in [-0.4, -0.2) is 19.7 Å². The number of pyridine rings is 1. The van der Waals surface area contributed by atoms with Gasteiger partial charge in [0.2, 0.25) is 0 Å². The number of benzene rings is 1. The Hall–Kier alpha value is -2.60. The molecule has 2 aliphatic rings. The zero-order valence-electron chi connectivity index (χ0n) is 11.7. The van der Waals surface area contributed by atoms with E-state index in [1.165, 1.54) is 4.57 Å². The lowest BCUT2D eigenvalue weighted by Gasteiger charge is -2.16. The predicted octanol–water partition coefficient (Wildman–Crippen LogP) is 2.31. The van der Waals surface area contributed by atoms with E-state index in [1.807, 2.05) is 19.1 Å². The summed E-state index contributed by atoms with van der Waals surface area (Å²) in [6.07, 6.45) is 0. The molecule has 0 unspecified atom stereocenters. The number of hydrogen-bond acceptors (Lipinski definition) is 4. The predicted molar refractivity (Wildman–Crippen MR) is 82.9 cm³/mol. The van der Waals surface area contributed by atoms with Gasteiger partial charge >= 0.3 is 5.69 Å². The Labute approximate surface area is 130 Å². The lowest BCUT2D eigenvalue weighted by molar-refractivity contribution is 0.298. The summed E-state index contributed by atoms with van der Waals surface area (Å²) in [5, 5.41) is 12.6. The van der Waals surface area contributed by atoms with Crippen LogP contribution < -0.4 is 11.2 Å². The summed E-state index contributed by atoms with van der Waals surface area (Å²) >= 11 is 6.03. The molecule has 0 saturated heterocycles. The minimum Gasteiger partial charge on any atom is -0.409 e. The monoisotopic (exact) mass is 316 g/mol. The topological polar surface area (TPSA) is 83.3 Å². The third-order valence-corrected chi connectivity index (χ3v) is 3.63. The Morgan fingerprint density at radius 2 is 2.18 bits per heavy atom. The van der Waals surface area contributed by atoms with Crippen molar-refractivity contribution in [1.82, 2.24) is 14.5 Å². The number of nitrogens with one attached hydrogen (secondary N) is 1. The molecule has 0 amide bonds. The fourth-order valence-electron chi connectivity index (χ4n) is 2.40. The average Bonchev–Trinajstić information content (AvgIpc) is 2.53. The minimum atomic E-state index is -0.285. The van der Waals surface area contributed by atoms with Crippen molar-refractivity contribution in [3.63, 3.8) is 0 Å². The molecule has 0 atom stereocenters. The fourth-order valence-corrected chi connectivity index (χ4v) is 2.59. The second-order valence-corrected chi connectivity index (χ2v) is 5.14. The molecule has 2 N–H and O–H groups in total. The van der Waals surface area contributed by atoms with Crippen molar-refractivity contribution in [3.8, 4) is 22.6 Å². The van der Waals surface area contributed by atoms with Gasteiger partial charge in [0.15, 0.2) is 5.49 Å². The van der Waals surface area contributed by atoms with E-state index in [-0.39, 0.29) is 11.2 Å². The highest BCUT2D eigenvalue weighted by Crippen LogP contribution is 2.29. The van der Waals surface area contributed by atoms with Crippen LogP contribution in [-0.2, 0) is 6.54 Å². The second kappa shape index (κ2) is 5.65. The molecule has 2 heterocycles. The third kappa shape index (κ3) is 2.37. The molecule has 0 spiro atoms. The summed E-state index contributed by atoms with van der Waals surface area (Å²) < 4.78 is 1.48. The Balaban J connectivity index is 2.40. The van der Waals surface area contributed by atoms with E-state index in [4.69, 9.17) is 16.8 Å². The van der Waals surface area contributed by atoms with Gasteiger partial charge in [0.05, 0.1) is 5.69 Å². The summed E-state index contributed by atoms with van der Waals surface area (Å²) in [6.45, 7) is 2.29. The molecule has 22 heavy (non-hydrogen) atoms. The van der Waals surface area contributed by atoms with Gasteiger partial charge in [0.1, 0.15) is 5.82 Å². The molecule has 0 aromatic heterocycles. The Bertz CT molecular complexity index is 929. The van der Waals surface area contributed by atoms with E-state index in [9.17, 15) is 4.79 Å². The van der Waals surface area contributed by atoms with E-state index in [2.05, 4.69) is 15.1 Å². The lowest BCUT2D eigenvalue weighted by Crippen LogP contribution is -2.28. The molecule has 0 radical (unpaired) electrons. The molecule has 112 valence electrons. The van der Waals surface area contributed by atoms with Crippen molar-refractivity contribution in [2.24, 2.45) is 5.16 Å². The molecule has 1 aromatic rings. The normalized spacial score (nSPS) is 12.0. The van der Waals surface area contributed by atoms with Crippen LogP contribution in [0.25, 0.3) is 22.6 Å². The SMILES string of the molecule is CCn1c2nc(=NO)ccc-2c(-c2cccc(Cl)c2)[nH]c1=O. The summed E-state index contributed by atoms with van der Waals surface area (Å²) in [6, 6.07) is 10.5. The first kappa shape index (κ1) is 14.3. The molecule has 6 nitrogen and oxygen atoms in total. The molecular weight excluding hydrogens is 304 g/mol. The van der Waals surface area contributed by atoms with E-state index >= 15 is 0 Å². The fraction of sp³-hybridized carbons (Fsp3) is 0.133. The smallest absolute Gasteiger partial charge is 0.327 e. The maximum Gasteiger partial charge on any atom is 0.327 e. The van der Waals surface area contributed by atoms with Gasteiger partial charge in [-0.05, 0) is 31.2 Å². The number of rotatable bonds is 2. The molecule has 0 aliphatic carbocycles. The van der Waals surface area contributed by atoms with Gasteiger partial charge in [-0.3, -0.25) is 4.57 Å². The zero-order valence-corrected chi connectivity index (χ0v) is 12.5. The standard InChI is InChI=1S/C15H13ClN4O2/c1-2-20-14-11(6-7-12(17-14)19-22)13(18-15(20)21)9-4-3-5-10(16)8-9/h3-8,22H,2H2,1H3,(H,18,21). The first-order valence-electron chi connectivity index (χ1n) is 6.72. The zero-order chi connectivity index (χ0) is 15.7. The second-order valence-electron chi connectivity index (χ2n) is 4.70. The van der Waals surface area contributed by atoms with Crippen molar-refractivity contribution in [1.29, 1.82) is 0 Å². The number of H-pyrrole nitrogens is 1. The molecule has 7 heteroatoms. The molecule has 2 aliphatic heterocycles. The van der Waals surface area contributed by atoms with Gasteiger partial charge in [-0.2, -0.15) is 0 Å². The van der Waals surface area contributed by atoms with Gasteiger partial charge in [0.25, 0.3) is 0 Å². The quantitative estimate of drug-likeness (QED) is 0.562. The lowest BCUT2D eigenvalue weighted by atomic mass is 10.0. The summed E-state index contributed by atoms with van der Waals surface area (Å²) in [5.41, 5.74) is 2.03. The maximum absolute atomic E-state index is 12.3. The highest BCUT2D eigenvalue weighted by Gasteiger charge is 2.17. The van der Waals surface area contributed by atoms with Gasteiger partial charge in [-0.1, -0.05) is 28.9 Å². The molecule has 3 rings (SSSR count). The largest absolute Gasteiger partial charge is 0.409 e. The molecule has 0 bridgehead atoms. The maximum atomic E-state index is 12.3. The number of halogens is 1. The Kier molecular flexibility index (Phi) is 3.68. The van der Waals surface area contributed by atoms with Gasteiger partial charge in [-0.25, -0.2) is 9.78 Å². The number of fused-ring (bicyclic) bond motifs is 1. The summed E-state index contributed by atoms with van der Waals surface area (Å²) in [5.74, 6) is 0.455. The van der Waals surface area contributed by atoms with Crippen LogP contribution in [0.4, 0.5) is 0 Å². The van der Waals surface area contributed by atoms with Crippen LogP contribution in [0.15, 0.2) is 46.3 Å². The van der Waals surface area contributed by atoms with Crippen LogP contribution >= 0.6 is 11.6 Å². The van der Waals surface area contributed by atoms with Gasteiger partial charge < -0.3 is 10.2 Å². The van der Waals surface area contributed by atoms with Crippen molar-refractivity contribution in [2.45, 2.75) is 13.5 Å². The van der Waals surface area contributed by atoms with Crippen LogP contribution in [0.2, 0.25) is 5.02 Å². The number of aromatic nitrogens is 3. The first-order valence-corrected chi connectivity index (χ1v) is 7.09. The van der Waals surface area contributed by atoms with Crippen LogP contribution in [0, 0.1) is 0 Å². The molecule has 1 aromatic carbocycles. The Morgan fingerprint density at radius 3 is 2.86 bits per heavy atom. The van der Waals surface area contributed by atoms with E-state index in [0.717, 1.165) is 11.1 Å². The highest BCUT2D eigenvalue weighted by atomic mass is 35.5. The van der Waals surface area contributed by atoms with Crippen LogP contribution in [0.3, 0.4) is 0 Å². The number of nitrogens with zero attached hydrogens (tertiary/aromatic N) is 3. The Morgan fingerprint density at radius 1 is 1.36 bits per heavy atom. The van der Waals surface area contributed by atoms with E-state index in [1.54, 1.807) is 24.3 Å². The van der Waals surface area contributed by atoms with Crippen molar-refractivity contribution >= 4 is 11.6 Å². The average molecular weight is 317 g/mol. The third-order valence-electron chi connectivity index (χ3n) is 3.39. The van der Waals surface area contributed by atoms with Crippen molar-refractivity contribution < 1.29 is 5.21 Å². The van der Waals surface area contributed by atoms with Gasteiger partial charge in [0, 0.05) is 22.7 Å². The summed E-state index contributed by atoms with van der Waals surface area (Å²) in [7, 11) is 0. The molecule has 0 fully saturated rings.